The number of ether oxygens (including phenoxy) is 4. The van der Waals surface area contributed by atoms with Gasteiger partial charge >= 0.3 is 0 Å². The van der Waals surface area contributed by atoms with Crippen LogP contribution in [0.4, 0.5) is 85.3 Å². The van der Waals surface area contributed by atoms with Gasteiger partial charge in [-0.2, -0.15) is 0 Å². The summed E-state index contributed by atoms with van der Waals surface area (Å²) in [6, 6.07) is 132. The third kappa shape index (κ3) is 12.8. The lowest BCUT2D eigenvalue weighted by Crippen LogP contribution is -2.19. The molecule has 12 nitrogen and oxygen atoms in total. The van der Waals surface area contributed by atoms with Crippen LogP contribution in [0, 0.1) is 33.6 Å². The Hall–Kier alpha value is -16.6. The molecule has 4 aliphatic heterocycles. The van der Waals surface area contributed by atoms with Crippen molar-refractivity contribution in [2.24, 2.45) is 0 Å². The molecular formula is C107H70N8O4. The summed E-state index contributed by atoms with van der Waals surface area (Å²) in [6.07, 6.45) is 0. The molecule has 0 atom stereocenters. The number of para-hydroxylation sites is 19. The van der Waals surface area contributed by atoms with E-state index >= 15 is 0 Å². The van der Waals surface area contributed by atoms with Crippen LogP contribution in [0.5, 0.6) is 46.0 Å². The van der Waals surface area contributed by atoms with Crippen molar-refractivity contribution in [3.05, 3.63) is 434 Å². The molecule has 0 spiro atoms. The van der Waals surface area contributed by atoms with Crippen molar-refractivity contribution >= 4 is 107 Å². The third-order valence-electron chi connectivity index (χ3n) is 22.0. The SMILES string of the molecule is Cc1ccc(-c2cccc(-c3ccc(C)cc3)c2-n2c3ccccc3c3ccccc32)cc1.[C-]#[N+]c1cc([N+]#[C-])cc(-c2c(N3c4ccccc4Oc4ccccc43)cccc2N2c3ccccc3Oc3ccccc32)c1.[C-]#[N+]c1ccc(-c2c(N3c4ccccc4Oc4ccccc43)cccc2N2c3ccccc3Oc3ccccc32)cc1. The first-order chi connectivity index (χ1) is 58.7. The number of anilines is 12. The first-order valence-corrected chi connectivity index (χ1v) is 39.3. The zero-order valence-electron chi connectivity index (χ0n) is 64.7. The first kappa shape index (κ1) is 71.4. The Morgan fingerprint density at radius 3 is 0.773 bits per heavy atom. The van der Waals surface area contributed by atoms with Crippen LogP contribution in [0.1, 0.15) is 11.1 Å². The van der Waals surface area contributed by atoms with Gasteiger partial charge in [0.25, 0.3) is 0 Å². The molecule has 119 heavy (non-hydrogen) atoms. The van der Waals surface area contributed by atoms with Gasteiger partial charge in [0, 0.05) is 33.0 Å². The van der Waals surface area contributed by atoms with E-state index in [0.29, 0.717) is 17.1 Å². The van der Waals surface area contributed by atoms with Crippen LogP contribution in [0.15, 0.2) is 388 Å². The van der Waals surface area contributed by atoms with Crippen LogP contribution in [0.25, 0.3) is 86.5 Å². The van der Waals surface area contributed by atoms with Gasteiger partial charge in [0.15, 0.2) is 63.1 Å². The molecule has 0 fully saturated rings. The molecule has 0 unspecified atom stereocenters. The van der Waals surface area contributed by atoms with Crippen LogP contribution >= 0.6 is 0 Å². The highest BCUT2D eigenvalue weighted by molar-refractivity contribution is 6.11. The van der Waals surface area contributed by atoms with Crippen molar-refractivity contribution in [2.75, 3.05) is 19.6 Å². The first-order valence-electron chi connectivity index (χ1n) is 39.3. The van der Waals surface area contributed by atoms with Gasteiger partial charge in [-0.25, -0.2) is 14.5 Å². The lowest BCUT2D eigenvalue weighted by atomic mass is 9.94. The molecule has 1 aromatic heterocycles. The second kappa shape index (κ2) is 30.4. The van der Waals surface area contributed by atoms with Crippen molar-refractivity contribution in [1.29, 1.82) is 0 Å². The van der Waals surface area contributed by atoms with Gasteiger partial charge in [0.2, 0.25) is 0 Å². The normalized spacial score (nSPS) is 12.1. The van der Waals surface area contributed by atoms with Crippen LogP contribution < -0.4 is 38.5 Å². The van der Waals surface area contributed by atoms with E-state index in [0.717, 1.165) is 136 Å². The van der Waals surface area contributed by atoms with Gasteiger partial charge < -0.3 is 43.1 Å². The number of benzene rings is 17. The maximum absolute atomic E-state index is 7.83. The highest BCUT2D eigenvalue weighted by Crippen LogP contribution is 2.61. The van der Waals surface area contributed by atoms with E-state index in [1.807, 2.05) is 212 Å². The summed E-state index contributed by atoms with van der Waals surface area (Å²) in [5, 5.41) is 2.56. The molecule has 0 radical (unpaired) electrons. The predicted molar refractivity (Wildman–Crippen MR) is 483 cm³/mol. The highest BCUT2D eigenvalue weighted by atomic mass is 16.5. The average molecular weight is 1530 g/mol. The predicted octanol–water partition coefficient (Wildman–Crippen LogP) is 31.4. The third-order valence-corrected chi connectivity index (χ3v) is 22.0. The zero-order valence-corrected chi connectivity index (χ0v) is 64.7. The smallest absolute Gasteiger partial charge is 0.187 e. The van der Waals surface area contributed by atoms with E-state index in [4.69, 9.17) is 38.7 Å². The summed E-state index contributed by atoms with van der Waals surface area (Å²) >= 11 is 0. The average Bonchev–Trinajstić information content (AvgIpc) is 1.45. The van der Waals surface area contributed by atoms with Crippen LogP contribution in [-0.2, 0) is 0 Å². The largest absolute Gasteiger partial charge is 0.453 e. The maximum atomic E-state index is 7.83. The fourth-order valence-corrected chi connectivity index (χ4v) is 16.7. The molecule has 12 heteroatoms. The zero-order chi connectivity index (χ0) is 80.0. The Kier molecular flexibility index (Phi) is 18.2. The van der Waals surface area contributed by atoms with Gasteiger partial charge in [-0.15, -0.1) is 0 Å². The molecule has 0 saturated carbocycles. The summed E-state index contributed by atoms with van der Waals surface area (Å²) in [7, 11) is 0. The Labute approximate surface area is 689 Å². The molecule has 0 amide bonds. The molecule has 0 aliphatic carbocycles. The fraction of sp³-hybridized carbons (Fsp3) is 0.0187. The summed E-state index contributed by atoms with van der Waals surface area (Å²) in [4.78, 5) is 20.1. The molecule has 18 aromatic rings. The van der Waals surface area contributed by atoms with E-state index in [1.165, 1.54) is 60.9 Å². The summed E-state index contributed by atoms with van der Waals surface area (Å²) in [5.74, 6) is 6.11. The minimum Gasteiger partial charge on any atom is -0.453 e. The van der Waals surface area contributed by atoms with Crippen molar-refractivity contribution in [2.45, 2.75) is 13.8 Å². The summed E-state index contributed by atoms with van der Waals surface area (Å²) in [5.41, 5.74) is 27.3. The van der Waals surface area contributed by atoms with Crippen LogP contribution in [0.3, 0.4) is 0 Å². The number of nitrogens with zero attached hydrogens (tertiary/aromatic N) is 8. The Morgan fingerprint density at radius 1 is 0.218 bits per heavy atom. The monoisotopic (exact) mass is 1530 g/mol. The second-order valence-corrected chi connectivity index (χ2v) is 29.3. The van der Waals surface area contributed by atoms with E-state index in [2.05, 4.69) is 222 Å². The summed E-state index contributed by atoms with van der Waals surface area (Å²) in [6.45, 7) is 27.5. The Balaban J connectivity index is 0.000000116. The van der Waals surface area contributed by atoms with Crippen molar-refractivity contribution in [3.8, 4) is 96.2 Å². The standard InChI is InChI=1S/C38H22N4O2.C37H23N3O2.C32H25N/c1-39-26-22-25(23-27(24-26)40-2)38-32(41-28-12-3-7-18-34(28)43-35-19-8-4-13-29(35)41)16-11-17-33(38)42-30-14-5-9-20-36(30)44-37-21-10-6-15-31(37)42;1-38-26-23-21-25(22-24-26)37-31(39-27-11-2-6-17-33(27)41-34-18-7-3-12-28(34)39)15-10-16-32(37)40-29-13-4-8-19-35(29)42-36-20-9-5-14-30(36)40;1-22-14-18-24(19-15-22)26-10-7-11-27(25-20-16-23(2)17-21-25)32(26)33-30-12-5-3-8-28(30)29-9-4-6-13-31(29)33/h3-24H;2-24H;3-21H,1-2H3. The number of hydrogen-bond donors (Lipinski definition) is 0. The molecule has 5 heterocycles. The van der Waals surface area contributed by atoms with Gasteiger partial charge in [-0.05, 0) is 170 Å². The molecule has 562 valence electrons. The van der Waals surface area contributed by atoms with Crippen molar-refractivity contribution < 1.29 is 18.9 Å². The molecular weight excluding hydrogens is 1460 g/mol. The molecule has 17 aromatic carbocycles. The van der Waals surface area contributed by atoms with Gasteiger partial charge in [-0.1, -0.05) is 266 Å². The lowest BCUT2D eigenvalue weighted by molar-refractivity contribution is 0.476. The second-order valence-electron chi connectivity index (χ2n) is 29.3. The van der Waals surface area contributed by atoms with Crippen LogP contribution in [0.2, 0.25) is 0 Å². The Morgan fingerprint density at radius 2 is 0.471 bits per heavy atom. The lowest BCUT2D eigenvalue weighted by Gasteiger charge is -2.37. The minimum atomic E-state index is 0.403. The number of hydrogen-bond acceptors (Lipinski definition) is 8. The van der Waals surface area contributed by atoms with Gasteiger partial charge in [-0.3, -0.25) is 0 Å². The molecule has 22 rings (SSSR count). The summed E-state index contributed by atoms with van der Waals surface area (Å²) < 4.78 is 27.8. The van der Waals surface area contributed by atoms with Crippen molar-refractivity contribution in [3.63, 3.8) is 0 Å². The van der Waals surface area contributed by atoms with E-state index in [1.54, 1.807) is 6.07 Å². The Bertz CT molecular complexity index is 6610. The van der Waals surface area contributed by atoms with E-state index in [9.17, 15) is 0 Å². The fourth-order valence-electron chi connectivity index (χ4n) is 16.7. The van der Waals surface area contributed by atoms with Gasteiger partial charge in [0.1, 0.15) is 0 Å². The molecule has 0 saturated heterocycles. The number of rotatable bonds is 9. The minimum absolute atomic E-state index is 0.403. The maximum Gasteiger partial charge on any atom is 0.187 e. The van der Waals surface area contributed by atoms with E-state index < -0.39 is 0 Å². The van der Waals surface area contributed by atoms with E-state index in [-0.39, 0.29) is 0 Å². The number of aryl methyl sites for hydroxylation is 2. The molecule has 4 aliphatic rings. The van der Waals surface area contributed by atoms with Gasteiger partial charge in [0.05, 0.1) is 105 Å². The molecule has 0 bridgehead atoms. The topological polar surface area (TPSA) is 67.9 Å². The van der Waals surface area contributed by atoms with Crippen LogP contribution in [-0.4, -0.2) is 4.57 Å². The quantitative estimate of drug-likeness (QED) is 0.132. The van der Waals surface area contributed by atoms with Crippen molar-refractivity contribution in [1.82, 2.24) is 4.57 Å². The number of fused-ring (bicyclic) bond motifs is 11. The highest BCUT2D eigenvalue weighted by Gasteiger charge is 2.36. The number of aromatic nitrogens is 1. The molecule has 0 N–H and O–H groups in total.